The monoisotopic (exact) mass is 315 g/mol. The summed E-state index contributed by atoms with van der Waals surface area (Å²) in [6.45, 7) is 1.79. The normalized spacial score (nSPS) is 18.0. The molecule has 1 heterocycles. The number of nitrogens with one attached hydrogen (secondary N) is 1. The Balaban J connectivity index is 1.83. The van der Waals surface area contributed by atoms with E-state index in [0.717, 1.165) is 12.8 Å². The fourth-order valence-corrected chi connectivity index (χ4v) is 3.73. The maximum absolute atomic E-state index is 13.4. The highest BCUT2D eigenvalue weighted by Crippen LogP contribution is 2.17. The van der Waals surface area contributed by atoms with Crippen molar-refractivity contribution in [3.8, 4) is 0 Å². The highest BCUT2D eigenvalue weighted by molar-refractivity contribution is 7.87. The second-order valence-electron chi connectivity index (χ2n) is 5.32. The molecule has 0 amide bonds. The summed E-state index contributed by atoms with van der Waals surface area (Å²) in [6, 6.07) is 6.40. The topological polar surface area (TPSA) is 75.4 Å². The van der Waals surface area contributed by atoms with Crippen LogP contribution in [0.2, 0.25) is 0 Å². The van der Waals surface area contributed by atoms with Gasteiger partial charge in [0.05, 0.1) is 0 Å². The summed E-state index contributed by atoms with van der Waals surface area (Å²) in [5.74, 6) is 0.107. The van der Waals surface area contributed by atoms with Crippen LogP contribution in [-0.2, 0) is 16.6 Å². The van der Waals surface area contributed by atoms with Gasteiger partial charge in [0.2, 0.25) is 0 Å². The smallest absolute Gasteiger partial charge is 0.279 e. The number of hydrogen-bond donors (Lipinski definition) is 2. The van der Waals surface area contributed by atoms with E-state index < -0.39 is 10.2 Å². The zero-order valence-electron chi connectivity index (χ0n) is 12.0. The van der Waals surface area contributed by atoms with E-state index in [-0.39, 0.29) is 12.4 Å². The summed E-state index contributed by atoms with van der Waals surface area (Å²) in [5.41, 5.74) is 6.11. The van der Waals surface area contributed by atoms with Gasteiger partial charge in [0.1, 0.15) is 5.82 Å². The van der Waals surface area contributed by atoms with Gasteiger partial charge >= 0.3 is 0 Å². The first-order chi connectivity index (χ1) is 10.0. The molecular weight excluding hydrogens is 293 g/mol. The van der Waals surface area contributed by atoms with Gasteiger partial charge in [-0.15, -0.1) is 0 Å². The third kappa shape index (κ3) is 4.47. The average Bonchev–Trinajstić information content (AvgIpc) is 2.49. The summed E-state index contributed by atoms with van der Waals surface area (Å²) in [7, 11) is -3.48. The minimum Gasteiger partial charge on any atom is -0.330 e. The first-order valence-corrected chi connectivity index (χ1v) is 8.65. The van der Waals surface area contributed by atoms with Gasteiger partial charge in [0.15, 0.2) is 0 Å². The van der Waals surface area contributed by atoms with Crippen molar-refractivity contribution in [2.24, 2.45) is 11.7 Å². The molecule has 5 nitrogen and oxygen atoms in total. The van der Waals surface area contributed by atoms with E-state index >= 15 is 0 Å². The third-order valence-corrected chi connectivity index (χ3v) is 5.50. The van der Waals surface area contributed by atoms with Crippen molar-refractivity contribution < 1.29 is 12.8 Å². The summed E-state index contributed by atoms with van der Waals surface area (Å²) < 4.78 is 41.7. The summed E-state index contributed by atoms with van der Waals surface area (Å²) in [5, 5.41) is 0. The predicted octanol–water partition coefficient (Wildman–Crippen LogP) is 0.873. The Morgan fingerprint density at radius 2 is 1.95 bits per heavy atom. The van der Waals surface area contributed by atoms with Gasteiger partial charge in [-0.25, -0.2) is 9.11 Å². The Bertz CT molecular complexity index is 557. The lowest BCUT2D eigenvalue weighted by atomic mass is 9.99. The Labute approximate surface area is 125 Å². The molecule has 1 aliphatic heterocycles. The maximum atomic E-state index is 13.4. The van der Waals surface area contributed by atoms with Crippen LogP contribution in [-0.4, -0.2) is 38.9 Å². The van der Waals surface area contributed by atoms with E-state index in [1.54, 1.807) is 18.2 Å². The van der Waals surface area contributed by atoms with Gasteiger partial charge < -0.3 is 5.73 Å². The molecule has 118 valence electrons. The van der Waals surface area contributed by atoms with E-state index in [0.29, 0.717) is 37.5 Å². The van der Waals surface area contributed by atoms with Crippen molar-refractivity contribution in [2.75, 3.05) is 26.2 Å². The van der Waals surface area contributed by atoms with E-state index in [1.165, 1.54) is 10.4 Å². The molecule has 0 radical (unpaired) electrons. The molecule has 1 saturated heterocycles. The molecule has 0 bridgehead atoms. The Hall–Kier alpha value is -1.02. The van der Waals surface area contributed by atoms with Crippen molar-refractivity contribution in [2.45, 2.75) is 19.3 Å². The predicted molar refractivity (Wildman–Crippen MR) is 80.4 cm³/mol. The van der Waals surface area contributed by atoms with Gasteiger partial charge in [-0.05, 0) is 43.4 Å². The highest BCUT2D eigenvalue weighted by atomic mass is 32.2. The second kappa shape index (κ2) is 7.31. The average molecular weight is 315 g/mol. The molecule has 1 aromatic carbocycles. The highest BCUT2D eigenvalue weighted by Gasteiger charge is 2.26. The van der Waals surface area contributed by atoms with Gasteiger partial charge in [-0.1, -0.05) is 18.2 Å². The minimum atomic E-state index is -3.48. The van der Waals surface area contributed by atoms with Crippen molar-refractivity contribution >= 4 is 10.2 Å². The quantitative estimate of drug-likeness (QED) is 0.818. The van der Waals surface area contributed by atoms with Crippen LogP contribution in [0.4, 0.5) is 4.39 Å². The Morgan fingerprint density at radius 1 is 1.29 bits per heavy atom. The standard InChI is InChI=1S/C14H22FN3O2S/c15-14-4-2-1-3-13(14)5-8-17-21(19,20)18-9-6-12(11-16)7-10-18/h1-4,12,17H,5-11,16H2. The van der Waals surface area contributed by atoms with Crippen LogP contribution >= 0.6 is 0 Å². The van der Waals surface area contributed by atoms with Crippen molar-refractivity contribution in [3.63, 3.8) is 0 Å². The lowest BCUT2D eigenvalue weighted by molar-refractivity contribution is 0.276. The maximum Gasteiger partial charge on any atom is 0.279 e. The molecule has 1 fully saturated rings. The first kappa shape index (κ1) is 16.4. The molecule has 0 unspecified atom stereocenters. The lowest BCUT2D eigenvalue weighted by Crippen LogP contribution is -2.46. The molecule has 3 N–H and O–H groups in total. The van der Waals surface area contributed by atoms with E-state index in [9.17, 15) is 12.8 Å². The second-order valence-corrected chi connectivity index (χ2v) is 7.07. The van der Waals surface area contributed by atoms with E-state index in [1.807, 2.05) is 0 Å². The number of hydrogen-bond acceptors (Lipinski definition) is 3. The molecule has 0 aliphatic carbocycles. The molecule has 0 spiro atoms. The van der Waals surface area contributed by atoms with E-state index in [2.05, 4.69) is 4.72 Å². The molecular formula is C14H22FN3O2S. The first-order valence-electron chi connectivity index (χ1n) is 7.21. The molecule has 2 rings (SSSR count). The molecule has 0 saturated carbocycles. The molecule has 1 aliphatic rings. The zero-order chi connectivity index (χ0) is 15.3. The number of nitrogens with two attached hydrogens (primary N) is 1. The largest absolute Gasteiger partial charge is 0.330 e. The van der Waals surface area contributed by atoms with Crippen LogP contribution in [0.1, 0.15) is 18.4 Å². The number of benzene rings is 1. The zero-order valence-corrected chi connectivity index (χ0v) is 12.8. The molecule has 7 heteroatoms. The summed E-state index contributed by atoms with van der Waals surface area (Å²) in [4.78, 5) is 0. The van der Waals surface area contributed by atoms with Gasteiger partial charge in [-0.3, -0.25) is 0 Å². The van der Waals surface area contributed by atoms with Crippen LogP contribution in [0.25, 0.3) is 0 Å². The van der Waals surface area contributed by atoms with Crippen LogP contribution in [0.3, 0.4) is 0 Å². The van der Waals surface area contributed by atoms with Crippen molar-refractivity contribution in [1.82, 2.24) is 9.03 Å². The van der Waals surface area contributed by atoms with E-state index in [4.69, 9.17) is 5.73 Å². The van der Waals surface area contributed by atoms with Crippen molar-refractivity contribution in [3.05, 3.63) is 35.6 Å². The minimum absolute atomic E-state index is 0.195. The lowest BCUT2D eigenvalue weighted by Gasteiger charge is -2.30. The van der Waals surface area contributed by atoms with Crippen LogP contribution in [0.5, 0.6) is 0 Å². The fourth-order valence-electron chi connectivity index (χ4n) is 2.49. The molecule has 0 atom stereocenters. The van der Waals surface area contributed by atoms with Crippen molar-refractivity contribution in [1.29, 1.82) is 0 Å². The summed E-state index contributed by atoms with van der Waals surface area (Å²) >= 11 is 0. The third-order valence-electron chi connectivity index (χ3n) is 3.88. The number of rotatable bonds is 6. The SMILES string of the molecule is NCC1CCN(S(=O)(=O)NCCc2ccccc2F)CC1. The van der Waals surface area contributed by atoms with Gasteiger partial charge in [-0.2, -0.15) is 12.7 Å². The van der Waals surface area contributed by atoms with Crippen LogP contribution in [0.15, 0.2) is 24.3 Å². The van der Waals surface area contributed by atoms with Crippen LogP contribution < -0.4 is 10.5 Å². The Morgan fingerprint density at radius 3 is 2.57 bits per heavy atom. The van der Waals surface area contributed by atoms with Gasteiger partial charge in [0, 0.05) is 19.6 Å². The fraction of sp³-hybridized carbons (Fsp3) is 0.571. The molecule has 1 aromatic rings. The van der Waals surface area contributed by atoms with Crippen LogP contribution in [0, 0.1) is 11.7 Å². The molecule has 0 aromatic heterocycles. The molecule has 21 heavy (non-hydrogen) atoms. The summed E-state index contributed by atoms with van der Waals surface area (Å²) in [6.07, 6.45) is 1.93. The number of nitrogens with zero attached hydrogens (tertiary/aromatic N) is 1. The number of halogens is 1. The van der Waals surface area contributed by atoms with Gasteiger partial charge in [0.25, 0.3) is 10.2 Å². The Kier molecular flexibility index (Phi) is 5.69. The number of piperidine rings is 1.